The van der Waals surface area contributed by atoms with Gasteiger partial charge in [0.15, 0.2) is 0 Å². The zero-order chi connectivity index (χ0) is 22.1. The molecule has 0 saturated heterocycles. The normalized spacial score (nSPS) is 17.7. The smallest absolute Gasteiger partial charge is 0.239 e. The molecule has 4 heteroatoms. The number of ether oxygens (including phenoxy) is 1. The average Bonchev–Trinajstić information content (AvgIpc) is 2.84. The molecule has 1 heterocycles. The first-order valence-electron chi connectivity index (χ1n) is 10.5. The number of anilines is 1. The molecule has 0 spiro atoms. The molecule has 1 amide bonds. The molecule has 1 aliphatic heterocycles. The van der Waals surface area contributed by atoms with Gasteiger partial charge in [0.25, 0.3) is 0 Å². The molecule has 0 saturated carbocycles. The second-order valence-electron chi connectivity index (χ2n) is 7.81. The van der Waals surface area contributed by atoms with E-state index in [0.29, 0.717) is 11.3 Å². The Balaban J connectivity index is 1.79. The quantitative estimate of drug-likeness (QED) is 0.397. The Labute approximate surface area is 186 Å². The fraction of sp³-hybridized carbons (Fsp3) is 0.107. The van der Waals surface area contributed by atoms with E-state index in [1.54, 1.807) is 6.07 Å². The van der Waals surface area contributed by atoms with Gasteiger partial charge in [0.05, 0.1) is 19.1 Å². The van der Waals surface area contributed by atoms with Gasteiger partial charge in [-0.2, -0.15) is 0 Å². The van der Waals surface area contributed by atoms with Gasteiger partial charge >= 0.3 is 0 Å². The first-order valence-corrected chi connectivity index (χ1v) is 10.5. The molecule has 5 rings (SSSR count). The van der Waals surface area contributed by atoms with Gasteiger partial charge in [-0.3, -0.25) is 9.69 Å². The Hall–Kier alpha value is -3.92. The molecule has 32 heavy (non-hydrogen) atoms. The number of amides is 1. The van der Waals surface area contributed by atoms with Crippen molar-refractivity contribution in [3.05, 3.63) is 131 Å². The summed E-state index contributed by atoms with van der Waals surface area (Å²) in [6.07, 6.45) is 0. The summed E-state index contributed by atoms with van der Waals surface area (Å²) in [6, 6.07) is 31.6. The number of methoxy groups -OCH3 is 1. The van der Waals surface area contributed by atoms with Gasteiger partial charge in [-0.05, 0) is 47.0 Å². The number of rotatable bonds is 4. The van der Waals surface area contributed by atoms with Crippen LogP contribution in [0.5, 0.6) is 5.75 Å². The molecule has 4 aromatic carbocycles. The number of hydrogen-bond acceptors (Lipinski definition) is 2. The van der Waals surface area contributed by atoms with Gasteiger partial charge in [-0.15, -0.1) is 0 Å². The predicted octanol–water partition coefficient (Wildman–Crippen LogP) is 6.10. The van der Waals surface area contributed by atoms with Crippen LogP contribution in [-0.4, -0.2) is 13.0 Å². The van der Waals surface area contributed by atoms with Crippen molar-refractivity contribution < 1.29 is 13.9 Å². The van der Waals surface area contributed by atoms with Crippen molar-refractivity contribution in [2.75, 3.05) is 12.0 Å². The Morgan fingerprint density at radius 1 is 0.750 bits per heavy atom. The third-order valence-electron chi connectivity index (χ3n) is 6.00. The van der Waals surface area contributed by atoms with Crippen molar-refractivity contribution in [2.24, 2.45) is 0 Å². The topological polar surface area (TPSA) is 29.5 Å². The molecule has 158 valence electrons. The third kappa shape index (κ3) is 3.34. The number of carbonyl (C=O) groups is 1. The largest absolute Gasteiger partial charge is 0.496 e. The van der Waals surface area contributed by atoms with Crippen molar-refractivity contribution in [2.45, 2.75) is 12.0 Å². The van der Waals surface area contributed by atoms with Crippen molar-refractivity contribution >= 4 is 11.6 Å². The van der Waals surface area contributed by atoms with Crippen molar-refractivity contribution in [1.29, 1.82) is 0 Å². The van der Waals surface area contributed by atoms with E-state index >= 15 is 0 Å². The van der Waals surface area contributed by atoms with E-state index in [1.165, 1.54) is 19.2 Å². The number of hydrogen-bond donors (Lipinski definition) is 0. The second-order valence-corrected chi connectivity index (χ2v) is 7.81. The van der Waals surface area contributed by atoms with E-state index in [0.717, 1.165) is 22.4 Å². The van der Waals surface area contributed by atoms with Gasteiger partial charge < -0.3 is 4.74 Å². The Kier molecular flexibility index (Phi) is 5.20. The van der Waals surface area contributed by atoms with Crippen LogP contribution in [0.15, 0.2) is 103 Å². The number of halogens is 1. The number of nitrogens with zero attached hydrogens (tertiary/aromatic N) is 1. The molecular weight excluding hydrogens is 401 g/mol. The van der Waals surface area contributed by atoms with Crippen LogP contribution in [0, 0.1) is 5.82 Å². The van der Waals surface area contributed by atoms with E-state index in [9.17, 15) is 9.18 Å². The Morgan fingerprint density at radius 2 is 1.38 bits per heavy atom. The lowest BCUT2D eigenvalue weighted by molar-refractivity contribution is -0.120. The highest BCUT2D eigenvalue weighted by atomic mass is 19.1. The van der Waals surface area contributed by atoms with Crippen LogP contribution in [0.1, 0.15) is 34.2 Å². The molecule has 0 aromatic heterocycles. The highest BCUT2D eigenvalue weighted by Crippen LogP contribution is 2.47. The zero-order valence-corrected chi connectivity index (χ0v) is 17.6. The van der Waals surface area contributed by atoms with E-state index < -0.39 is 11.7 Å². The van der Waals surface area contributed by atoms with Gasteiger partial charge in [-0.25, -0.2) is 4.39 Å². The van der Waals surface area contributed by atoms with E-state index in [2.05, 4.69) is 0 Å². The van der Waals surface area contributed by atoms with Crippen LogP contribution in [-0.2, 0) is 4.79 Å². The molecule has 1 aliphatic rings. The van der Waals surface area contributed by atoms with Crippen LogP contribution in [0.4, 0.5) is 10.1 Å². The minimum absolute atomic E-state index is 0.118. The molecule has 3 nitrogen and oxygen atoms in total. The fourth-order valence-electron chi connectivity index (χ4n) is 4.62. The van der Waals surface area contributed by atoms with Crippen molar-refractivity contribution in [1.82, 2.24) is 0 Å². The number of benzene rings is 4. The molecular formula is C28H22FNO2. The van der Waals surface area contributed by atoms with Crippen LogP contribution in [0.25, 0.3) is 0 Å². The van der Waals surface area contributed by atoms with E-state index in [1.807, 2.05) is 89.8 Å². The third-order valence-corrected chi connectivity index (χ3v) is 6.00. The maximum Gasteiger partial charge on any atom is 0.239 e. The molecule has 0 bridgehead atoms. The molecule has 0 N–H and O–H groups in total. The zero-order valence-electron chi connectivity index (χ0n) is 17.6. The van der Waals surface area contributed by atoms with Crippen LogP contribution < -0.4 is 9.64 Å². The summed E-state index contributed by atoms with van der Waals surface area (Å²) >= 11 is 0. The Morgan fingerprint density at radius 3 is 2.06 bits per heavy atom. The van der Waals surface area contributed by atoms with Gasteiger partial charge in [-0.1, -0.05) is 72.8 Å². The van der Waals surface area contributed by atoms with Crippen LogP contribution >= 0.6 is 0 Å². The lowest BCUT2D eigenvalue weighted by Gasteiger charge is -2.41. The van der Waals surface area contributed by atoms with Crippen molar-refractivity contribution in [3.8, 4) is 5.75 Å². The lowest BCUT2D eigenvalue weighted by atomic mass is 9.78. The minimum Gasteiger partial charge on any atom is -0.496 e. The van der Waals surface area contributed by atoms with Gasteiger partial charge in [0, 0.05) is 11.3 Å². The summed E-state index contributed by atoms with van der Waals surface area (Å²) in [5, 5.41) is 0. The summed E-state index contributed by atoms with van der Waals surface area (Å²) in [6.45, 7) is 0. The average molecular weight is 423 g/mol. The highest BCUT2D eigenvalue weighted by Gasteiger charge is 2.42. The summed E-state index contributed by atoms with van der Waals surface area (Å²) in [7, 11) is 1.54. The predicted molar refractivity (Wildman–Crippen MR) is 123 cm³/mol. The molecule has 0 fully saturated rings. The molecule has 0 aliphatic carbocycles. The standard InChI is InChI=1S/C28H22FNO2/c1-32-25-17-16-20(29)18-24(25)26-22-14-8-9-15-23(22)27(19-10-4-2-5-11-19)30(28(26)31)21-12-6-3-7-13-21/h2-18,26-27H,1H3/t26-,27+/m1/s1. The number of carbonyl (C=O) groups excluding carboxylic acids is 1. The van der Waals surface area contributed by atoms with Gasteiger partial charge in [0.1, 0.15) is 11.6 Å². The monoisotopic (exact) mass is 423 g/mol. The Bertz CT molecular complexity index is 1260. The summed E-state index contributed by atoms with van der Waals surface area (Å²) < 4.78 is 19.9. The summed E-state index contributed by atoms with van der Waals surface area (Å²) in [5.74, 6) is -0.710. The SMILES string of the molecule is COc1ccc(F)cc1[C@@H]1C(=O)N(c2ccccc2)[C@@H](c2ccccc2)c2ccccc21. The lowest BCUT2D eigenvalue weighted by Crippen LogP contribution is -2.44. The molecule has 2 atom stereocenters. The number of fused-ring (bicyclic) bond motifs is 1. The second kappa shape index (κ2) is 8.31. The minimum atomic E-state index is -0.683. The van der Waals surface area contributed by atoms with Gasteiger partial charge in [0.2, 0.25) is 5.91 Å². The molecule has 4 aromatic rings. The van der Waals surface area contributed by atoms with Crippen LogP contribution in [0.2, 0.25) is 0 Å². The molecule has 0 radical (unpaired) electrons. The van der Waals surface area contributed by atoms with E-state index in [-0.39, 0.29) is 11.9 Å². The fourth-order valence-corrected chi connectivity index (χ4v) is 4.62. The maximum atomic E-state index is 14.3. The summed E-state index contributed by atoms with van der Waals surface area (Å²) in [4.78, 5) is 16.0. The molecule has 0 unspecified atom stereocenters. The number of para-hydroxylation sites is 1. The van der Waals surface area contributed by atoms with Crippen molar-refractivity contribution in [3.63, 3.8) is 0 Å². The van der Waals surface area contributed by atoms with Crippen LogP contribution in [0.3, 0.4) is 0 Å². The summed E-state index contributed by atoms with van der Waals surface area (Å²) in [5.41, 5.74) is 4.21. The first kappa shape index (κ1) is 20.0. The van der Waals surface area contributed by atoms with E-state index in [4.69, 9.17) is 4.74 Å². The highest BCUT2D eigenvalue weighted by molar-refractivity contribution is 6.03. The maximum absolute atomic E-state index is 14.3. The first-order chi connectivity index (χ1) is 15.7.